The van der Waals surface area contributed by atoms with Gasteiger partial charge in [0.1, 0.15) is 6.04 Å². The van der Waals surface area contributed by atoms with Crippen LogP contribution in [0.3, 0.4) is 0 Å². The van der Waals surface area contributed by atoms with Gasteiger partial charge in [0, 0.05) is 15.4 Å². The van der Waals surface area contributed by atoms with Crippen molar-refractivity contribution in [3.63, 3.8) is 0 Å². The first-order valence-corrected chi connectivity index (χ1v) is 6.89. The Morgan fingerprint density at radius 3 is 2.75 bits per heavy atom. The average Bonchev–Trinajstić information content (AvgIpc) is 2.61. The van der Waals surface area contributed by atoms with E-state index in [1.165, 1.54) is 0 Å². The van der Waals surface area contributed by atoms with Crippen LogP contribution in [0.2, 0.25) is 0 Å². The third kappa shape index (κ3) is 3.57. The molecule has 1 unspecified atom stereocenters. The molecule has 0 saturated carbocycles. The molecule has 0 saturated heterocycles. The van der Waals surface area contributed by atoms with E-state index in [0.29, 0.717) is 6.61 Å². The second-order valence-electron chi connectivity index (χ2n) is 3.64. The molecule has 3 nitrogen and oxygen atoms in total. The summed E-state index contributed by atoms with van der Waals surface area (Å²) in [6.45, 7) is 6.23. The largest absolute Gasteiger partial charge is 0.465 e. The van der Waals surface area contributed by atoms with E-state index in [1.807, 2.05) is 32.2 Å². The molecule has 0 radical (unpaired) electrons. The van der Waals surface area contributed by atoms with Gasteiger partial charge in [-0.3, -0.25) is 5.32 Å². The Hall–Kier alpha value is -0.390. The molecule has 5 heteroatoms. The number of hydrogen-bond acceptors (Lipinski definition) is 4. The molecule has 0 aliphatic heterocycles. The van der Waals surface area contributed by atoms with Gasteiger partial charge in [0.25, 0.3) is 0 Å². The van der Waals surface area contributed by atoms with Crippen molar-refractivity contribution in [2.45, 2.75) is 32.9 Å². The van der Waals surface area contributed by atoms with E-state index in [0.717, 1.165) is 9.35 Å². The summed E-state index contributed by atoms with van der Waals surface area (Å²) >= 11 is 4.98. The van der Waals surface area contributed by atoms with Crippen LogP contribution in [0.1, 0.15) is 31.7 Å². The number of carbonyl (C=O) groups excluding carboxylic acids is 1. The topological polar surface area (TPSA) is 38.3 Å². The third-order valence-corrected chi connectivity index (χ3v) is 3.86. The van der Waals surface area contributed by atoms with Gasteiger partial charge in [-0.05, 0) is 48.1 Å². The predicted molar refractivity (Wildman–Crippen MR) is 69.7 cm³/mol. The Bertz CT molecular complexity index is 352. The van der Waals surface area contributed by atoms with Crippen LogP contribution in [-0.2, 0) is 9.53 Å². The van der Waals surface area contributed by atoms with Gasteiger partial charge in [0.2, 0.25) is 0 Å². The number of ether oxygens (including phenoxy) is 1. The summed E-state index contributed by atoms with van der Waals surface area (Å²) in [5.41, 5.74) is 0. The van der Waals surface area contributed by atoms with Crippen molar-refractivity contribution < 1.29 is 9.53 Å². The van der Waals surface area contributed by atoms with E-state index < -0.39 is 0 Å². The van der Waals surface area contributed by atoms with Crippen molar-refractivity contribution in [3.8, 4) is 0 Å². The fourth-order valence-corrected chi connectivity index (χ4v) is 2.97. The maximum atomic E-state index is 11.8. The molecule has 1 aromatic heterocycles. The Morgan fingerprint density at radius 1 is 1.62 bits per heavy atom. The molecule has 0 aliphatic carbocycles. The summed E-state index contributed by atoms with van der Waals surface area (Å²) in [6.07, 6.45) is 0. The van der Waals surface area contributed by atoms with E-state index in [1.54, 1.807) is 11.3 Å². The molecule has 16 heavy (non-hydrogen) atoms. The zero-order valence-electron chi connectivity index (χ0n) is 9.62. The van der Waals surface area contributed by atoms with Gasteiger partial charge in [-0.1, -0.05) is 0 Å². The van der Waals surface area contributed by atoms with Crippen molar-refractivity contribution in [3.05, 3.63) is 20.8 Å². The zero-order chi connectivity index (χ0) is 12.1. The number of esters is 1. The quantitative estimate of drug-likeness (QED) is 0.850. The molecule has 90 valence electrons. The van der Waals surface area contributed by atoms with Crippen molar-refractivity contribution in [2.24, 2.45) is 0 Å². The Balaban J connectivity index is 2.87. The first-order chi connectivity index (χ1) is 7.56. The minimum atomic E-state index is -0.380. The van der Waals surface area contributed by atoms with Crippen LogP contribution in [0.5, 0.6) is 0 Å². The third-order valence-electron chi connectivity index (χ3n) is 1.93. The minimum Gasteiger partial charge on any atom is -0.465 e. The monoisotopic (exact) mass is 305 g/mol. The van der Waals surface area contributed by atoms with Crippen LogP contribution in [0.15, 0.2) is 15.9 Å². The molecule has 0 amide bonds. The Morgan fingerprint density at radius 2 is 2.31 bits per heavy atom. The molecular formula is C11H16BrNO2S. The number of thiophene rings is 1. The fourth-order valence-electron chi connectivity index (χ4n) is 1.32. The normalized spacial score (nSPS) is 12.8. The molecule has 1 heterocycles. The molecule has 0 aliphatic rings. The summed E-state index contributed by atoms with van der Waals surface area (Å²) in [7, 11) is 0. The van der Waals surface area contributed by atoms with Crippen molar-refractivity contribution in [1.82, 2.24) is 5.32 Å². The van der Waals surface area contributed by atoms with Gasteiger partial charge in [-0.25, -0.2) is 4.79 Å². The number of nitrogens with one attached hydrogen (secondary N) is 1. The summed E-state index contributed by atoms with van der Waals surface area (Å²) in [4.78, 5) is 12.8. The van der Waals surface area contributed by atoms with Crippen LogP contribution in [0.4, 0.5) is 0 Å². The maximum absolute atomic E-state index is 11.8. The lowest BCUT2D eigenvalue weighted by Gasteiger charge is -2.19. The molecule has 1 rings (SSSR count). The standard InChI is InChI=1S/C11H16BrNO2S/c1-4-15-11(14)9(13-7(2)3)10-8(12)5-6-16-10/h5-7,9,13H,4H2,1-3H3. The van der Waals surface area contributed by atoms with Crippen LogP contribution >= 0.6 is 27.3 Å². The zero-order valence-corrected chi connectivity index (χ0v) is 12.0. The van der Waals surface area contributed by atoms with Crippen molar-refractivity contribution in [1.29, 1.82) is 0 Å². The van der Waals surface area contributed by atoms with Crippen molar-refractivity contribution in [2.75, 3.05) is 6.61 Å². The van der Waals surface area contributed by atoms with E-state index in [2.05, 4.69) is 21.2 Å². The molecule has 0 fully saturated rings. The lowest BCUT2D eigenvalue weighted by molar-refractivity contribution is -0.146. The SMILES string of the molecule is CCOC(=O)C(NC(C)C)c1sccc1Br. The summed E-state index contributed by atoms with van der Waals surface area (Å²) in [5, 5.41) is 5.17. The smallest absolute Gasteiger partial charge is 0.328 e. The first kappa shape index (κ1) is 13.7. The van der Waals surface area contributed by atoms with Crippen LogP contribution in [0.25, 0.3) is 0 Å². The highest BCUT2D eigenvalue weighted by molar-refractivity contribution is 9.10. The van der Waals surface area contributed by atoms with Crippen molar-refractivity contribution >= 4 is 33.2 Å². The Kier molecular flexibility index (Phi) is 5.44. The second-order valence-corrected chi connectivity index (χ2v) is 5.44. The summed E-state index contributed by atoms with van der Waals surface area (Å²) in [6, 6.07) is 1.78. The highest BCUT2D eigenvalue weighted by Gasteiger charge is 2.25. The lowest BCUT2D eigenvalue weighted by atomic mass is 10.2. The number of halogens is 1. The molecule has 1 atom stereocenters. The van der Waals surface area contributed by atoms with Crippen LogP contribution in [-0.4, -0.2) is 18.6 Å². The van der Waals surface area contributed by atoms with Crippen LogP contribution < -0.4 is 5.32 Å². The Labute approximate surface area is 108 Å². The van der Waals surface area contributed by atoms with E-state index in [-0.39, 0.29) is 18.1 Å². The minimum absolute atomic E-state index is 0.223. The van der Waals surface area contributed by atoms with E-state index in [9.17, 15) is 4.79 Å². The fraction of sp³-hybridized carbons (Fsp3) is 0.545. The first-order valence-electron chi connectivity index (χ1n) is 5.21. The molecule has 0 spiro atoms. The molecule has 1 N–H and O–H groups in total. The summed E-state index contributed by atoms with van der Waals surface area (Å²) < 4.78 is 6.02. The number of carbonyl (C=O) groups is 1. The second kappa shape index (κ2) is 6.37. The summed E-state index contributed by atoms with van der Waals surface area (Å²) in [5.74, 6) is -0.223. The lowest BCUT2D eigenvalue weighted by Crippen LogP contribution is -2.34. The average molecular weight is 306 g/mol. The molecular weight excluding hydrogens is 290 g/mol. The van der Waals surface area contributed by atoms with Gasteiger partial charge >= 0.3 is 5.97 Å². The van der Waals surface area contributed by atoms with E-state index in [4.69, 9.17) is 4.74 Å². The molecule has 0 aromatic carbocycles. The number of rotatable bonds is 5. The van der Waals surface area contributed by atoms with Crippen LogP contribution in [0, 0.1) is 0 Å². The van der Waals surface area contributed by atoms with Gasteiger partial charge in [0.05, 0.1) is 6.61 Å². The maximum Gasteiger partial charge on any atom is 0.328 e. The number of hydrogen-bond donors (Lipinski definition) is 1. The predicted octanol–water partition coefficient (Wildman–Crippen LogP) is 3.11. The van der Waals surface area contributed by atoms with Gasteiger partial charge in [-0.2, -0.15) is 0 Å². The highest BCUT2D eigenvalue weighted by atomic mass is 79.9. The molecule has 1 aromatic rings. The van der Waals surface area contributed by atoms with Gasteiger partial charge in [0.15, 0.2) is 0 Å². The highest BCUT2D eigenvalue weighted by Crippen LogP contribution is 2.30. The molecule has 0 bridgehead atoms. The van der Waals surface area contributed by atoms with Gasteiger partial charge < -0.3 is 4.74 Å². The van der Waals surface area contributed by atoms with E-state index >= 15 is 0 Å². The van der Waals surface area contributed by atoms with Gasteiger partial charge in [-0.15, -0.1) is 11.3 Å².